The van der Waals surface area contributed by atoms with Crippen LogP contribution in [0.5, 0.6) is 0 Å². The molecule has 0 fully saturated rings. The van der Waals surface area contributed by atoms with Crippen LogP contribution in [0.3, 0.4) is 0 Å². The van der Waals surface area contributed by atoms with E-state index in [0.717, 1.165) is 0 Å². The van der Waals surface area contributed by atoms with E-state index in [1.807, 2.05) is 0 Å². The van der Waals surface area contributed by atoms with Gasteiger partial charge in [-0.1, -0.05) is 0 Å². The van der Waals surface area contributed by atoms with Crippen molar-refractivity contribution in [2.45, 2.75) is 32.9 Å². The van der Waals surface area contributed by atoms with E-state index in [0.29, 0.717) is 13.2 Å². The Morgan fingerprint density at radius 1 is 1.21 bits per heavy atom. The Labute approximate surface area is 84.6 Å². The smallest absolute Gasteiger partial charge is 0.336 e. The fourth-order valence-corrected chi connectivity index (χ4v) is 1.14. The standard InChI is InChI=1S/C8H18O5P/c1-5-12-7(13-6-2)8(3,4)14(9,10)11/h5-6H2,1-4H3,(H2,9,10,11). The van der Waals surface area contributed by atoms with Crippen LogP contribution in [-0.4, -0.2) is 28.2 Å². The summed E-state index contributed by atoms with van der Waals surface area (Å²) >= 11 is 0. The lowest BCUT2D eigenvalue weighted by molar-refractivity contribution is -0.0580. The number of rotatable bonds is 6. The van der Waals surface area contributed by atoms with Gasteiger partial charge in [-0.3, -0.25) is 4.57 Å². The van der Waals surface area contributed by atoms with Crippen molar-refractivity contribution < 1.29 is 23.8 Å². The molecule has 1 radical (unpaired) electrons. The normalized spacial score (nSPS) is 13.6. The number of ether oxygens (including phenoxy) is 2. The lowest BCUT2D eigenvalue weighted by Crippen LogP contribution is -2.33. The maximum Gasteiger partial charge on any atom is 0.336 e. The van der Waals surface area contributed by atoms with Crippen molar-refractivity contribution in [2.24, 2.45) is 0 Å². The molecule has 0 amide bonds. The third-order valence-corrected chi connectivity index (χ3v) is 3.42. The van der Waals surface area contributed by atoms with Crippen molar-refractivity contribution in [3.8, 4) is 0 Å². The first-order valence-electron chi connectivity index (χ1n) is 4.46. The Bertz CT molecular complexity index is 204. The molecule has 0 unspecified atom stereocenters. The SMILES string of the molecule is CCO[C](OCC)C(C)(C)P(=O)(O)O. The van der Waals surface area contributed by atoms with Gasteiger partial charge < -0.3 is 19.3 Å². The zero-order valence-electron chi connectivity index (χ0n) is 8.98. The fourth-order valence-electron chi connectivity index (χ4n) is 0.776. The average molecular weight is 225 g/mol. The molecule has 6 heteroatoms. The quantitative estimate of drug-likeness (QED) is 0.670. The van der Waals surface area contributed by atoms with Crippen molar-refractivity contribution in [3.63, 3.8) is 0 Å². The first-order valence-corrected chi connectivity index (χ1v) is 6.07. The van der Waals surface area contributed by atoms with Gasteiger partial charge in [0, 0.05) is 13.2 Å². The van der Waals surface area contributed by atoms with E-state index >= 15 is 0 Å². The Balaban J connectivity index is 4.70. The van der Waals surface area contributed by atoms with Crippen LogP contribution >= 0.6 is 7.60 Å². The summed E-state index contributed by atoms with van der Waals surface area (Å²) in [5.74, 6) is 0. The van der Waals surface area contributed by atoms with Gasteiger partial charge in [-0.25, -0.2) is 0 Å². The van der Waals surface area contributed by atoms with Crippen LogP contribution in [-0.2, 0) is 14.0 Å². The minimum absolute atomic E-state index is 0.00386. The lowest BCUT2D eigenvalue weighted by Gasteiger charge is -2.31. The highest BCUT2D eigenvalue weighted by Crippen LogP contribution is 2.55. The Hall–Kier alpha value is 0.0700. The molecule has 0 aliphatic carbocycles. The van der Waals surface area contributed by atoms with Gasteiger partial charge in [0.05, 0.1) is 0 Å². The van der Waals surface area contributed by atoms with Crippen LogP contribution < -0.4 is 0 Å². The Morgan fingerprint density at radius 2 is 1.57 bits per heavy atom. The van der Waals surface area contributed by atoms with E-state index in [2.05, 4.69) is 0 Å². The molecule has 0 saturated heterocycles. The van der Waals surface area contributed by atoms with Crippen LogP contribution in [0.1, 0.15) is 27.7 Å². The monoisotopic (exact) mass is 225 g/mol. The van der Waals surface area contributed by atoms with Gasteiger partial charge >= 0.3 is 7.60 Å². The van der Waals surface area contributed by atoms with Crippen LogP contribution in [0, 0.1) is 6.29 Å². The van der Waals surface area contributed by atoms with Gasteiger partial charge in [0.25, 0.3) is 0 Å². The molecule has 5 nitrogen and oxygen atoms in total. The predicted octanol–water partition coefficient (Wildman–Crippen LogP) is 1.51. The van der Waals surface area contributed by atoms with E-state index in [1.54, 1.807) is 13.8 Å². The number of hydrogen-bond acceptors (Lipinski definition) is 3. The highest BCUT2D eigenvalue weighted by Gasteiger charge is 2.47. The van der Waals surface area contributed by atoms with Gasteiger partial charge in [0.1, 0.15) is 5.16 Å². The van der Waals surface area contributed by atoms with Gasteiger partial charge in [-0.15, -0.1) is 0 Å². The van der Waals surface area contributed by atoms with Crippen molar-refractivity contribution in [1.29, 1.82) is 0 Å². The van der Waals surface area contributed by atoms with Gasteiger partial charge in [0.2, 0.25) is 6.29 Å². The third kappa shape index (κ3) is 3.33. The molecule has 0 aliphatic heterocycles. The second-order valence-corrected chi connectivity index (χ2v) is 5.46. The van der Waals surface area contributed by atoms with E-state index < -0.39 is 12.8 Å². The van der Waals surface area contributed by atoms with Crippen molar-refractivity contribution >= 4 is 7.60 Å². The first-order chi connectivity index (χ1) is 6.27. The highest BCUT2D eigenvalue weighted by atomic mass is 31.2. The molecule has 0 aromatic rings. The average Bonchev–Trinajstić information content (AvgIpc) is 2.02. The topological polar surface area (TPSA) is 76.0 Å². The van der Waals surface area contributed by atoms with Crippen LogP contribution in [0.2, 0.25) is 0 Å². The molecular weight excluding hydrogens is 207 g/mol. The van der Waals surface area contributed by atoms with Gasteiger partial charge in [0.15, 0.2) is 0 Å². The molecule has 0 aliphatic rings. The zero-order chi connectivity index (χ0) is 11.4. The summed E-state index contributed by atoms with van der Waals surface area (Å²) in [6.45, 7) is 6.89. The second kappa shape index (κ2) is 5.24. The molecule has 0 aromatic heterocycles. The van der Waals surface area contributed by atoms with E-state index in [4.69, 9.17) is 19.3 Å². The minimum Gasteiger partial charge on any atom is -0.345 e. The molecule has 0 atom stereocenters. The Morgan fingerprint density at radius 3 is 1.79 bits per heavy atom. The maximum absolute atomic E-state index is 11.2. The molecule has 85 valence electrons. The minimum atomic E-state index is -4.27. The maximum atomic E-state index is 11.2. The van der Waals surface area contributed by atoms with Crippen molar-refractivity contribution in [3.05, 3.63) is 6.29 Å². The molecule has 0 rings (SSSR count). The predicted molar refractivity (Wildman–Crippen MR) is 52.6 cm³/mol. The van der Waals surface area contributed by atoms with E-state index in [9.17, 15) is 4.57 Å². The molecular formula is C8H18O5P. The first kappa shape index (κ1) is 14.1. The summed E-state index contributed by atoms with van der Waals surface area (Å²) in [6.07, 6.45) is -0.00386. The molecule has 0 spiro atoms. The molecule has 0 aromatic carbocycles. The lowest BCUT2D eigenvalue weighted by atomic mass is 10.2. The summed E-state index contributed by atoms with van der Waals surface area (Å²) in [5, 5.41) is -1.40. The fraction of sp³-hybridized carbons (Fsp3) is 0.875. The van der Waals surface area contributed by atoms with Crippen molar-refractivity contribution in [1.82, 2.24) is 0 Å². The van der Waals surface area contributed by atoms with Crippen molar-refractivity contribution in [2.75, 3.05) is 13.2 Å². The summed E-state index contributed by atoms with van der Waals surface area (Å²) in [7, 11) is -4.27. The second-order valence-electron chi connectivity index (χ2n) is 3.26. The zero-order valence-corrected chi connectivity index (χ0v) is 9.88. The van der Waals surface area contributed by atoms with Crippen LogP contribution in [0.15, 0.2) is 0 Å². The Kier molecular flexibility index (Phi) is 5.26. The van der Waals surface area contributed by atoms with E-state index in [1.165, 1.54) is 13.8 Å². The summed E-state index contributed by atoms with van der Waals surface area (Å²) in [4.78, 5) is 18.2. The summed E-state index contributed by atoms with van der Waals surface area (Å²) in [5.41, 5.74) is 0. The highest BCUT2D eigenvalue weighted by molar-refractivity contribution is 7.53. The summed E-state index contributed by atoms with van der Waals surface area (Å²) < 4.78 is 21.3. The van der Waals surface area contributed by atoms with Gasteiger partial charge in [-0.05, 0) is 27.7 Å². The largest absolute Gasteiger partial charge is 0.345 e. The number of hydrogen-bond donors (Lipinski definition) is 2. The molecule has 0 saturated carbocycles. The third-order valence-electron chi connectivity index (χ3n) is 1.78. The van der Waals surface area contributed by atoms with Crippen LogP contribution in [0.25, 0.3) is 0 Å². The molecule has 2 N–H and O–H groups in total. The summed E-state index contributed by atoms with van der Waals surface area (Å²) in [6, 6.07) is 0. The van der Waals surface area contributed by atoms with E-state index in [-0.39, 0.29) is 6.29 Å². The molecule has 0 heterocycles. The molecule has 0 bridgehead atoms. The molecule has 14 heavy (non-hydrogen) atoms. The van der Waals surface area contributed by atoms with Gasteiger partial charge in [-0.2, -0.15) is 0 Å². The van der Waals surface area contributed by atoms with Crippen LogP contribution in [0.4, 0.5) is 0 Å².